The fourth-order valence-electron chi connectivity index (χ4n) is 3.25. The standard InChI is InChI=1S/C26H22O.H2O/c1-3-11-21(12-4-1)19-23-15-7-9-17-25(23)27-26-18-10-8-16-24(26)20-22-13-5-2-6-14-22;/h1-18H,19-20H2;1H2. The van der Waals surface area contributed by atoms with Gasteiger partial charge in [-0.05, 0) is 34.4 Å². The predicted octanol–water partition coefficient (Wildman–Crippen LogP) is 5.84. The van der Waals surface area contributed by atoms with Crippen LogP contribution in [0.25, 0.3) is 0 Å². The fraction of sp³-hybridized carbons (Fsp3) is 0.0769. The van der Waals surface area contributed by atoms with E-state index in [0.29, 0.717) is 0 Å². The quantitative estimate of drug-likeness (QED) is 0.422. The normalized spacial score (nSPS) is 10.1. The predicted molar refractivity (Wildman–Crippen MR) is 115 cm³/mol. The molecule has 0 heterocycles. The molecule has 0 spiro atoms. The Kier molecular flexibility index (Phi) is 6.61. The zero-order chi connectivity index (χ0) is 18.3. The van der Waals surface area contributed by atoms with Gasteiger partial charge in [0.15, 0.2) is 0 Å². The molecular formula is C26H24O2. The lowest BCUT2D eigenvalue weighted by Crippen LogP contribution is -1.97. The molecule has 28 heavy (non-hydrogen) atoms. The molecule has 4 rings (SSSR count). The molecule has 0 atom stereocenters. The second kappa shape index (κ2) is 9.54. The summed E-state index contributed by atoms with van der Waals surface area (Å²) in [6, 6.07) is 37.6. The number of rotatable bonds is 6. The third kappa shape index (κ3) is 4.87. The SMILES string of the molecule is O.c1ccc(Cc2ccccc2Oc2ccccc2Cc2ccccc2)cc1. The van der Waals surface area contributed by atoms with E-state index >= 15 is 0 Å². The molecule has 2 heteroatoms. The number of para-hydroxylation sites is 2. The molecule has 0 aromatic heterocycles. The van der Waals surface area contributed by atoms with Crippen LogP contribution in [0.3, 0.4) is 0 Å². The van der Waals surface area contributed by atoms with Crippen molar-refractivity contribution in [3.05, 3.63) is 131 Å². The largest absolute Gasteiger partial charge is 0.457 e. The summed E-state index contributed by atoms with van der Waals surface area (Å²) in [5.74, 6) is 1.84. The minimum atomic E-state index is 0. The van der Waals surface area contributed by atoms with Crippen LogP contribution < -0.4 is 4.74 Å². The fourth-order valence-corrected chi connectivity index (χ4v) is 3.25. The molecule has 140 valence electrons. The second-order valence-electron chi connectivity index (χ2n) is 6.64. The van der Waals surface area contributed by atoms with Crippen LogP contribution in [-0.4, -0.2) is 5.48 Å². The van der Waals surface area contributed by atoms with E-state index in [-0.39, 0.29) is 5.48 Å². The van der Waals surface area contributed by atoms with Gasteiger partial charge in [-0.2, -0.15) is 0 Å². The highest BCUT2D eigenvalue weighted by atomic mass is 16.5. The molecule has 0 unspecified atom stereocenters. The summed E-state index contributed by atoms with van der Waals surface area (Å²) < 4.78 is 6.39. The van der Waals surface area contributed by atoms with Crippen molar-refractivity contribution in [3.8, 4) is 11.5 Å². The van der Waals surface area contributed by atoms with E-state index in [4.69, 9.17) is 4.74 Å². The monoisotopic (exact) mass is 368 g/mol. The molecule has 0 aliphatic heterocycles. The van der Waals surface area contributed by atoms with E-state index in [2.05, 4.69) is 84.9 Å². The van der Waals surface area contributed by atoms with Gasteiger partial charge in [0.25, 0.3) is 0 Å². The molecule has 0 aliphatic carbocycles. The Morgan fingerprint density at radius 2 is 0.786 bits per heavy atom. The average molecular weight is 368 g/mol. The Balaban J connectivity index is 0.00000225. The van der Waals surface area contributed by atoms with Crippen molar-refractivity contribution >= 4 is 0 Å². The van der Waals surface area contributed by atoms with Crippen molar-refractivity contribution in [2.75, 3.05) is 0 Å². The average Bonchev–Trinajstić information content (AvgIpc) is 2.72. The van der Waals surface area contributed by atoms with Crippen molar-refractivity contribution in [1.82, 2.24) is 0 Å². The molecule has 0 fully saturated rings. The zero-order valence-corrected chi connectivity index (χ0v) is 15.7. The van der Waals surface area contributed by atoms with E-state index in [9.17, 15) is 0 Å². The molecule has 2 nitrogen and oxygen atoms in total. The Bertz CT molecular complexity index is 912. The summed E-state index contributed by atoms with van der Waals surface area (Å²) in [5, 5.41) is 0. The van der Waals surface area contributed by atoms with Crippen LogP contribution in [0, 0.1) is 0 Å². The maximum absolute atomic E-state index is 6.39. The Morgan fingerprint density at radius 1 is 0.429 bits per heavy atom. The minimum absolute atomic E-state index is 0. The van der Waals surface area contributed by atoms with Crippen LogP contribution in [0.4, 0.5) is 0 Å². The third-order valence-electron chi connectivity index (χ3n) is 4.64. The lowest BCUT2D eigenvalue weighted by Gasteiger charge is -2.14. The molecule has 2 N–H and O–H groups in total. The van der Waals surface area contributed by atoms with Crippen LogP contribution >= 0.6 is 0 Å². The number of hydrogen-bond acceptors (Lipinski definition) is 1. The summed E-state index contributed by atoms with van der Waals surface area (Å²) in [6.45, 7) is 0. The van der Waals surface area contributed by atoms with E-state index in [1.807, 2.05) is 24.3 Å². The van der Waals surface area contributed by atoms with E-state index in [1.54, 1.807) is 0 Å². The first kappa shape index (κ1) is 19.4. The van der Waals surface area contributed by atoms with Crippen molar-refractivity contribution in [2.45, 2.75) is 12.8 Å². The summed E-state index contributed by atoms with van der Waals surface area (Å²) in [4.78, 5) is 0. The minimum Gasteiger partial charge on any atom is -0.457 e. The van der Waals surface area contributed by atoms with Gasteiger partial charge in [-0.3, -0.25) is 0 Å². The van der Waals surface area contributed by atoms with Gasteiger partial charge in [-0.1, -0.05) is 97.1 Å². The summed E-state index contributed by atoms with van der Waals surface area (Å²) in [7, 11) is 0. The first-order valence-electron chi connectivity index (χ1n) is 9.30. The van der Waals surface area contributed by atoms with Gasteiger partial charge in [0.05, 0.1) is 0 Å². The summed E-state index contributed by atoms with van der Waals surface area (Å²) >= 11 is 0. The van der Waals surface area contributed by atoms with Crippen LogP contribution in [0.1, 0.15) is 22.3 Å². The Hall–Kier alpha value is -3.36. The summed E-state index contributed by atoms with van der Waals surface area (Å²) in [6.07, 6.45) is 1.72. The molecule has 0 bridgehead atoms. The van der Waals surface area contributed by atoms with Gasteiger partial charge in [0.1, 0.15) is 11.5 Å². The van der Waals surface area contributed by atoms with Crippen LogP contribution in [-0.2, 0) is 12.8 Å². The zero-order valence-electron chi connectivity index (χ0n) is 15.7. The molecule has 0 amide bonds. The maximum Gasteiger partial charge on any atom is 0.130 e. The second-order valence-corrected chi connectivity index (χ2v) is 6.64. The molecule has 0 saturated heterocycles. The molecule has 4 aromatic carbocycles. The van der Waals surface area contributed by atoms with Gasteiger partial charge < -0.3 is 10.2 Å². The van der Waals surface area contributed by atoms with Gasteiger partial charge in [0, 0.05) is 12.8 Å². The van der Waals surface area contributed by atoms with Gasteiger partial charge in [0.2, 0.25) is 0 Å². The molecule has 0 aliphatic rings. The number of hydrogen-bond donors (Lipinski definition) is 0. The first-order valence-corrected chi connectivity index (χ1v) is 9.30. The van der Waals surface area contributed by atoms with E-state index in [0.717, 1.165) is 24.3 Å². The van der Waals surface area contributed by atoms with E-state index in [1.165, 1.54) is 22.3 Å². The highest BCUT2D eigenvalue weighted by Crippen LogP contribution is 2.30. The molecule has 4 aromatic rings. The summed E-state index contributed by atoms with van der Waals surface area (Å²) in [5.41, 5.74) is 4.95. The van der Waals surface area contributed by atoms with Gasteiger partial charge >= 0.3 is 0 Å². The third-order valence-corrected chi connectivity index (χ3v) is 4.64. The highest BCUT2D eigenvalue weighted by molar-refractivity contribution is 5.44. The topological polar surface area (TPSA) is 40.7 Å². The smallest absolute Gasteiger partial charge is 0.130 e. The van der Waals surface area contributed by atoms with Crippen molar-refractivity contribution in [3.63, 3.8) is 0 Å². The lowest BCUT2D eigenvalue weighted by molar-refractivity contribution is 0.472. The Labute approximate surface area is 166 Å². The molecule has 0 saturated carbocycles. The van der Waals surface area contributed by atoms with Crippen LogP contribution in [0.2, 0.25) is 0 Å². The number of benzene rings is 4. The van der Waals surface area contributed by atoms with Crippen molar-refractivity contribution < 1.29 is 10.2 Å². The molecule has 0 radical (unpaired) electrons. The first-order chi connectivity index (χ1) is 13.4. The maximum atomic E-state index is 6.39. The van der Waals surface area contributed by atoms with Crippen LogP contribution in [0.5, 0.6) is 11.5 Å². The van der Waals surface area contributed by atoms with Crippen molar-refractivity contribution in [2.24, 2.45) is 0 Å². The highest BCUT2D eigenvalue weighted by Gasteiger charge is 2.09. The Morgan fingerprint density at radius 3 is 1.21 bits per heavy atom. The van der Waals surface area contributed by atoms with Crippen molar-refractivity contribution in [1.29, 1.82) is 0 Å². The van der Waals surface area contributed by atoms with E-state index < -0.39 is 0 Å². The van der Waals surface area contributed by atoms with Gasteiger partial charge in [-0.15, -0.1) is 0 Å². The lowest BCUT2D eigenvalue weighted by atomic mass is 10.0. The van der Waals surface area contributed by atoms with Crippen LogP contribution in [0.15, 0.2) is 109 Å². The molecular weight excluding hydrogens is 344 g/mol. The number of ether oxygens (including phenoxy) is 1. The van der Waals surface area contributed by atoms with Gasteiger partial charge in [-0.25, -0.2) is 0 Å².